The molecule has 24 heavy (non-hydrogen) atoms. The van der Waals surface area contributed by atoms with Crippen LogP contribution in [0.4, 0.5) is 5.69 Å². The predicted octanol–water partition coefficient (Wildman–Crippen LogP) is 4.53. The van der Waals surface area contributed by atoms with Crippen molar-refractivity contribution < 1.29 is 14.8 Å². The van der Waals surface area contributed by atoms with Gasteiger partial charge in [-0.2, -0.15) is 5.26 Å². The number of ether oxygens (including phenoxy) is 1. The summed E-state index contributed by atoms with van der Waals surface area (Å²) in [5, 5.41) is 30.4. The summed E-state index contributed by atoms with van der Waals surface area (Å²) in [6.07, 6.45) is 1.51. The number of allylic oxidation sites excluding steroid dienone is 1. The second kappa shape index (κ2) is 7.62. The Kier molecular flexibility index (Phi) is 5.55. The van der Waals surface area contributed by atoms with Crippen LogP contribution in [0, 0.1) is 21.4 Å². The van der Waals surface area contributed by atoms with Crippen LogP contribution >= 0.6 is 15.9 Å². The van der Waals surface area contributed by atoms with Crippen LogP contribution < -0.4 is 4.74 Å². The fourth-order valence-corrected chi connectivity index (χ4v) is 2.34. The summed E-state index contributed by atoms with van der Waals surface area (Å²) in [4.78, 5) is 10.4. The number of hydrogen-bond donors (Lipinski definition) is 1. The van der Waals surface area contributed by atoms with E-state index in [9.17, 15) is 20.5 Å². The molecule has 0 fully saturated rings. The van der Waals surface area contributed by atoms with Gasteiger partial charge in [0.05, 0.1) is 23.2 Å². The molecule has 0 aromatic heterocycles. The highest BCUT2D eigenvalue weighted by Crippen LogP contribution is 2.38. The van der Waals surface area contributed by atoms with Crippen molar-refractivity contribution in [2.45, 2.75) is 6.92 Å². The number of aromatic hydroxyl groups is 1. The zero-order valence-electron chi connectivity index (χ0n) is 12.7. The van der Waals surface area contributed by atoms with Gasteiger partial charge in [0.15, 0.2) is 5.75 Å². The Morgan fingerprint density at radius 2 is 2.08 bits per heavy atom. The maximum atomic E-state index is 11.1. The number of phenols is 1. The average Bonchev–Trinajstić information content (AvgIpc) is 2.56. The van der Waals surface area contributed by atoms with Crippen LogP contribution in [0.2, 0.25) is 0 Å². The average molecular weight is 389 g/mol. The highest BCUT2D eigenvalue weighted by Gasteiger charge is 2.20. The molecule has 7 heteroatoms. The van der Waals surface area contributed by atoms with Crippen molar-refractivity contribution in [2.24, 2.45) is 0 Å². The molecule has 0 bridgehead atoms. The quantitative estimate of drug-likeness (QED) is 0.351. The number of nitrogens with zero attached hydrogens (tertiary/aromatic N) is 2. The third-order valence-electron chi connectivity index (χ3n) is 3.16. The first-order valence-corrected chi connectivity index (χ1v) is 7.77. The second-order valence-corrected chi connectivity index (χ2v) is 5.67. The molecule has 122 valence electrons. The lowest BCUT2D eigenvalue weighted by Gasteiger charge is -2.08. The van der Waals surface area contributed by atoms with Crippen LogP contribution in [0.15, 0.2) is 40.9 Å². The van der Waals surface area contributed by atoms with Gasteiger partial charge in [0.2, 0.25) is 5.75 Å². The van der Waals surface area contributed by atoms with Crippen molar-refractivity contribution in [1.29, 1.82) is 5.26 Å². The fourth-order valence-electron chi connectivity index (χ4n) is 2.08. The van der Waals surface area contributed by atoms with E-state index in [0.717, 1.165) is 4.47 Å². The molecule has 2 aromatic rings. The molecule has 6 nitrogen and oxygen atoms in total. The maximum absolute atomic E-state index is 11.1. The summed E-state index contributed by atoms with van der Waals surface area (Å²) >= 11 is 3.32. The summed E-state index contributed by atoms with van der Waals surface area (Å²) in [5.41, 5.74) is 0.932. The van der Waals surface area contributed by atoms with Gasteiger partial charge in [-0.3, -0.25) is 10.1 Å². The number of rotatable bonds is 5. The van der Waals surface area contributed by atoms with Gasteiger partial charge in [0.25, 0.3) is 0 Å². The first kappa shape index (κ1) is 17.5. The molecule has 0 aliphatic rings. The summed E-state index contributed by atoms with van der Waals surface area (Å²) in [6, 6.07) is 11.9. The third kappa shape index (κ3) is 3.91. The molecule has 0 saturated heterocycles. The van der Waals surface area contributed by atoms with Gasteiger partial charge in [0.1, 0.15) is 0 Å². The first-order chi connectivity index (χ1) is 11.5. The number of phenolic OH excluding ortho intramolecular Hbond substituents is 1. The molecular formula is C17H13BrN2O4. The second-order valence-electron chi connectivity index (χ2n) is 4.75. The monoisotopic (exact) mass is 388 g/mol. The van der Waals surface area contributed by atoms with Crippen molar-refractivity contribution in [3.63, 3.8) is 0 Å². The lowest BCUT2D eigenvalue weighted by atomic mass is 10.0. The van der Waals surface area contributed by atoms with E-state index in [1.54, 1.807) is 31.2 Å². The Balaban J connectivity index is 2.55. The lowest BCUT2D eigenvalue weighted by Crippen LogP contribution is -1.96. The van der Waals surface area contributed by atoms with E-state index in [1.165, 1.54) is 18.2 Å². The molecule has 1 N–H and O–H groups in total. The van der Waals surface area contributed by atoms with E-state index in [0.29, 0.717) is 16.7 Å². The van der Waals surface area contributed by atoms with Gasteiger partial charge < -0.3 is 9.84 Å². The molecule has 2 rings (SSSR count). The lowest BCUT2D eigenvalue weighted by molar-refractivity contribution is -0.386. The summed E-state index contributed by atoms with van der Waals surface area (Å²) in [5.74, 6) is -0.521. The molecule has 0 aliphatic heterocycles. The summed E-state index contributed by atoms with van der Waals surface area (Å²) in [6.45, 7) is 1.95. The Morgan fingerprint density at radius 3 is 2.62 bits per heavy atom. The number of hydrogen-bond acceptors (Lipinski definition) is 5. The van der Waals surface area contributed by atoms with Crippen LogP contribution in [0.1, 0.15) is 18.1 Å². The maximum Gasteiger partial charge on any atom is 0.315 e. The molecule has 0 amide bonds. The van der Waals surface area contributed by atoms with Crippen LogP contribution in [0.5, 0.6) is 11.5 Å². The van der Waals surface area contributed by atoms with E-state index < -0.39 is 16.4 Å². The largest absolute Gasteiger partial charge is 0.500 e. The number of nitro benzene ring substituents is 1. The van der Waals surface area contributed by atoms with Gasteiger partial charge in [-0.05, 0) is 42.3 Å². The molecular weight excluding hydrogens is 376 g/mol. The molecule has 2 aromatic carbocycles. The van der Waals surface area contributed by atoms with E-state index in [2.05, 4.69) is 22.0 Å². The number of benzene rings is 2. The van der Waals surface area contributed by atoms with E-state index in [1.807, 2.05) is 0 Å². The van der Waals surface area contributed by atoms with Crippen LogP contribution in [0.3, 0.4) is 0 Å². The molecule has 0 radical (unpaired) electrons. The zero-order valence-corrected chi connectivity index (χ0v) is 14.3. The fraction of sp³-hybridized carbons (Fsp3) is 0.118. The van der Waals surface area contributed by atoms with Crippen molar-refractivity contribution in [3.05, 3.63) is 62.1 Å². The number of nitro groups is 1. The van der Waals surface area contributed by atoms with Crippen LogP contribution in [0.25, 0.3) is 11.6 Å². The number of nitriles is 1. The first-order valence-electron chi connectivity index (χ1n) is 6.98. The van der Waals surface area contributed by atoms with Gasteiger partial charge in [-0.25, -0.2) is 0 Å². The van der Waals surface area contributed by atoms with Crippen molar-refractivity contribution in [2.75, 3.05) is 6.61 Å². The molecule has 0 heterocycles. The molecule has 0 saturated carbocycles. The number of halogens is 1. The smallest absolute Gasteiger partial charge is 0.315 e. The van der Waals surface area contributed by atoms with Crippen molar-refractivity contribution in [3.8, 4) is 17.6 Å². The Labute approximate surface area is 146 Å². The molecule has 0 atom stereocenters. The van der Waals surface area contributed by atoms with Crippen LogP contribution in [-0.4, -0.2) is 16.6 Å². The summed E-state index contributed by atoms with van der Waals surface area (Å²) in [7, 11) is 0. The SMILES string of the molecule is CCOc1cc(/C=C(/C#N)c2ccc(Br)cc2)cc([N+](=O)[O-])c1O. The van der Waals surface area contributed by atoms with Gasteiger partial charge in [-0.15, -0.1) is 0 Å². The minimum Gasteiger partial charge on any atom is -0.500 e. The van der Waals surface area contributed by atoms with Gasteiger partial charge in [0, 0.05) is 10.5 Å². The third-order valence-corrected chi connectivity index (χ3v) is 3.69. The Morgan fingerprint density at radius 1 is 1.42 bits per heavy atom. The molecule has 0 spiro atoms. The van der Waals surface area contributed by atoms with Crippen molar-refractivity contribution in [1.82, 2.24) is 0 Å². The molecule has 0 unspecified atom stereocenters. The summed E-state index contributed by atoms with van der Waals surface area (Å²) < 4.78 is 6.11. The Bertz CT molecular complexity index is 839. The van der Waals surface area contributed by atoms with E-state index in [-0.39, 0.29) is 12.4 Å². The van der Waals surface area contributed by atoms with Crippen LogP contribution in [-0.2, 0) is 0 Å². The van der Waals surface area contributed by atoms with Gasteiger partial charge in [-0.1, -0.05) is 28.1 Å². The normalized spacial score (nSPS) is 11.0. The zero-order chi connectivity index (χ0) is 17.7. The Hall–Kier alpha value is -2.85. The topological polar surface area (TPSA) is 96.4 Å². The standard InChI is InChI=1S/C17H13BrN2O4/c1-2-24-16-9-11(8-15(17(16)21)20(22)23)7-13(10-19)12-3-5-14(18)6-4-12/h3-9,21H,2H2,1H3/b13-7-. The predicted molar refractivity (Wildman–Crippen MR) is 93.6 cm³/mol. The highest BCUT2D eigenvalue weighted by atomic mass is 79.9. The minimum absolute atomic E-state index is 0.00560. The highest BCUT2D eigenvalue weighted by molar-refractivity contribution is 9.10. The van der Waals surface area contributed by atoms with E-state index >= 15 is 0 Å². The van der Waals surface area contributed by atoms with Crippen molar-refractivity contribution >= 4 is 33.3 Å². The molecule has 0 aliphatic carbocycles. The minimum atomic E-state index is -0.694. The van der Waals surface area contributed by atoms with E-state index in [4.69, 9.17) is 4.74 Å². The van der Waals surface area contributed by atoms with Gasteiger partial charge >= 0.3 is 5.69 Å².